The third-order valence-corrected chi connectivity index (χ3v) is 0.911. The summed E-state index contributed by atoms with van der Waals surface area (Å²) < 4.78 is 0. The molecule has 0 aliphatic rings. The van der Waals surface area contributed by atoms with E-state index < -0.39 is 0 Å². The van der Waals surface area contributed by atoms with Gasteiger partial charge < -0.3 is 5.73 Å². The average molecular weight is 168 g/mol. The fourth-order valence-electron chi connectivity index (χ4n) is 0. The van der Waals surface area contributed by atoms with Crippen molar-refractivity contribution in [3.05, 3.63) is 0 Å². The Bertz CT molecular complexity index is 92.4. The number of nitrogens with two attached hydrogens (primary N) is 1. The van der Waals surface area contributed by atoms with Gasteiger partial charge in [-0.15, -0.1) is 12.4 Å². The Morgan fingerprint density at radius 3 is 1.50 bits per heavy atom. The van der Waals surface area contributed by atoms with Crippen LogP contribution in [0.25, 0.3) is 0 Å². The molecule has 0 spiro atoms. The minimum absolute atomic E-state index is 0. The molecule has 0 saturated carbocycles. The van der Waals surface area contributed by atoms with Crippen molar-refractivity contribution in [2.75, 3.05) is 0 Å². The van der Waals surface area contributed by atoms with Gasteiger partial charge in [-0.25, -0.2) is 0 Å². The molecule has 0 amide bonds. The summed E-state index contributed by atoms with van der Waals surface area (Å²) in [5.74, 6) is 0. The van der Waals surface area contributed by atoms with Crippen molar-refractivity contribution in [3.63, 3.8) is 0 Å². The zero-order valence-corrected chi connectivity index (χ0v) is 7.33. The normalized spacial score (nSPS) is 8.00. The highest BCUT2D eigenvalue weighted by atomic mass is 35.5. The number of rotatable bonds is 1. The van der Waals surface area contributed by atoms with Gasteiger partial charge in [-0.1, -0.05) is 6.92 Å². The molecule has 0 saturated heterocycles. The lowest BCUT2D eigenvalue weighted by Crippen LogP contribution is -2.30. The van der Waals surface area contributed by atoms with Crippen LogP contribution >= 0.6 is 12.4 Å². The van der Waals surface area contributed by atoms with Crippen LogP contribution in [0.15, 0.2) is 0 Å². The van der Waals surface area contributed by atoms with Crippen LogP contribution in [0.3, 0.4) is 0 Å². The summed E-state index contributed by atoms with van der Waals surface area (Å²) in [5, 5.41) is 0. The molecule has 0 rings (SSSR count). The van der Waals surface area contributed by atoms with E-state index in [1.54, 1.807) is 0 Å². The first-order chi connectivity index (χ1) is 3.97. The lowest BCUT2D eigenvalue weighted by molar-refractivity contribution is -0.191. The molecule has 0 atom stereocenters. The smallest absolute Gasteiger partial charge is 0.326 e. The van der Waals surface area contributed by atoms with Gasteiger partial charge in [0.2, 0.25) is 0 Å². The second-order valence-corrected chi connectivity index (χ2v) is 2.43. The Balaban J connectivity index is -0.000000107. The molecule has 0 heterocycles. The topological polar surface area (TPSA) is 60.2 Å². The Hall–Kier alpha value is -0.370. The first-order valence-electron chi connectivity index (χ1n) is 2.76. The summed E-state index contributed by atoms with van der Waals surface area (Å²) in [6.07, 6.45) is 1.30. The lowest BCUT2D eigenvalue weighted by atomic mass is 10.1. The summed E-state index contributed by atoms with van der Waals surface area (Å²) in [6, 6.07) is 0. The van der Waals surface area contributed by atoms with Gasteiger partial charge in [-0.05, 0) is 20.3 Å². The predicted octanol–water partition coefficient (Wildman–Crippen LogP) is 0.972. The van der Waals surface area contributed by atoms with E-state index in [2.05, 4.69) is 6.92 Å². The maximum atomic E-state index is 8.12. The second-order valence-electron chi connectivity index (χ2n) is 2.43. The summed E-state index contributed by atoms with van der Waals surface area (Å²) in [7, 11) is 0. The first kappa shape index (κ1) is 16.3. The van der Waals surface area contributed by atoms with Crippen LogP contribution in [0.1, 0.15) is 27.2 Å². The molecule has 2 N–H and O–H groups in total. The average Bonchev–Trinajstić information content (AvgIpc) is 1.67. The minimum Gasteiger partial charge on any atom is -0.326 e. The molecule has 0 aliphatic carbocycles. The van der Waals surface area contributed by atoms with Crippen molar-refractivity contribution >= 4 is 18.6 Å². The highest BCUT2D eigenvalue weighted by molar-refractivity contribution is 5.85. The van der Waals surface area contributed by atoms with E-state index in [0.29, 0.717) is 0 Å². The molecule has 0 aromatic rings. The molecule has 4 heteroatoms. The van der Waals surface area contributed by atoms with Crippen molar-refractivity contribution in [2.45, 2.75) is 32.7 Å². The van der Waals surface area contributed by atoms with E-state index in [1.807, 2.05) is 13.8 Å². The highest BCUT2D eigenvalue weighted by Crippen LogP contribution is 1.99. The van der Waals surface area contributed by atoms with Gasteiger partial charge in [0.1, 0.15) is 0 Å². The van der Waals surface area contributed by atoms with Crippen LogP contribution < -0.4 is 5.73 Å². The molecule has 0 radical (unpaired) electrons. The highest BCUT2D eigenvalue weighted by Gasteiger charge is 2.03. The third-order valence-electron chi connectivity index (χ3n) is 0.911. The summed E-state index contributed by atoms with van der Waals surface area (Å²) in [4.78, 5) is 16.2. The monoisotopic (exact) mass is 167 g/mol. The standard InChI is InChI=1S/C5H13N.CO2.ClH/c1-4-5(2,3)6;2-1-3;/h4,6H2,1-3H3;;1H. The van der Waals surface area contributed by atoms with Crippen molar-refractivity contribution in [3.8, 4) is 0 Å². The predicted molar refractivity (Wildman–Crippen MR) is 40.8 cm³/mol. The van der Waals surface area contributed by atoms with E-state index in [0.717, 1.165) is 6.42 Å². The first-order valence-corrected chi connectivity index (χ1v) is 2.76. The summed E-state index contributed by atoms with van der Waals surface area (Å²) >= 11 is 0. The van der Waals surface area contributed by atoms with Crippen LogP contribution in [-0.4, -0.2) is 11.7 Å². The Labute approximate surface area is 67.4 Å². The molecule has 3 nitrogen and oxygen atoms in total. The van der Waals surface area contributed by atoms with Crippen LogP contribution in [0.4, 0.5) is 0 Å². The van der Waals surface area contributed by atoms with E-state index >= 15 is 0 Å². The quantitative estimate of drug-likeness (QED) is 0.633. The molecular weight excluding hydrogens is 154 g/mol. The van der Waals surface area contributed by atoms with Crippen molar-refractivity contribution in [2.24, 2.45) is 5.73 Å². The molecule has 0 aromatic carbocycles. The zero-order chi connectivity index (χ0) is 7.91. The van der Waals surface area contributed by atoms with Gasteiger partial charge in [0.05, 0.1) is 0 Å². The van der Waals surface area contributed by atoms with Gasteiger partial charge in [-0.2, -0.15) is 9.59 Å². The summed E-state index contributed by atoms with van der Waals surface area (Å²) in [5.41, 5.74) is 5.58. The summed E-state index contributed by atoms with van der Waals surface area (Å²) in [6.45, 7) is 6.12. The van der Waals surface area contributed by atoms with Crippen molar-refractivity contribution in [1.29, 1.82) is 0 Å². The van der Waals surface area contributed by atoms with Gasteiger partial charge in [-0.3, -0.25) is 0 Å². The van der Waals surface area contributed by atoms with Crippen LogP contribution in [-0.2, 0) is 9.59 Å². The molecule has 0 aromatic heterocycles. The molecular formula is C6H14ClNO2. The molecule has 0 bridgehead atoms. The Kier molecular flexibility index (Phi) is 14.1. The Morgan fingerprint density at radius 2 is 1.50 bits per heavy atom. The SMILES string of the molecule is CCC(C)(C)N.Cl.O=C=O. The Morgan fingerprint density at radius 1 is 1.40 bits per heavy atom. The fraction of sp³-hybridized carbons (Fsp3) is 0.833. The van der Waals surface area contributed by atoms with Crippen LogP contribution in [0.2, 0.25) is 0 Å². The number of hydrogen-bond acceptors (Lipinski definition) is 3. The minimum atomic E-state index is 0. The molecule has 0 unspecified atom stereocenters. The van der Waals surface area contributed by atoms with Gasteiger partial charge in [0, 0.05) is 5.54 Å². The van der Waals surface area contributed by atoms with E-state index in [4.69, 9.17) is 15.3 Å². The van der Waals surface area contributed by atoms with E-state index in [-0.39, 0.29) is 24.1 Å². The third kappa shape index (κ3) is 48.5. The largest absolute Gasteiger partial charge is 0.373 e. The maximum absolute atomic E-state index is 8.12. The van der Waals surface area contributed by atoms with E-state index in [9.17, 15) is 0 Å². The molecule has 62 valence electrons. The van der Waals surface area contributed by atoms with Crippen molar-refractivity contribution < 1.29 is 9.59 Å². The number of halogens is 1. The number of carbonyl (C=O) groups excluding carboxylic acids is 2. The van der Waals surface area contributed by atoms with Crippen molar-refractivity contribution in [1.82, 2.24) is 0 Å². The molecule has 10 heavy (non-hydrogen) atoms. The maximum Gasteiger partial charge on any atom is 0.373 e. The molecule has 0 fully saturated rings. The second kappa shape index (κ2) is 8.63. The number of hydrogen-bond donors (Lipinski definition) is 1. The molecule has 0 aliphatic heterocycles. The van der Waals surface area contributed by atoms with Crippen LogP contribution in [0.5, 0.6) is 0 Å². The van der Waals surface area contributed by atoms with Gasteiger partial charge in [0.25, 0.3) is 0 Å². The zero-order valence-electron chi connectivity index (χ0n) is 6.51. The van der Waals surface area contributed by atoms with Gasteiger partial charge in [0.15, 0.2) is 0 Å². The van der Waals surface area contributed by atoms with Gasteiger partial charge >= 0.3 is 6.15 Å². The fourth-order valence-corrected chi connectivity index (χ4v) is 0. The van der Waals surface area contributed by atoms with E-state index in [1.165, 1.54) is 0 Å². The lowest BCUT2D eigenvalue weighted by Gasteiger charge is -2.13. The van der Waals surface area contributed by atoms with Crippen LogP contribution in [0, 0.1) is 0 Å².